The highest BCUT2D eigenvalue weighted by Gasteiger charge is 2.20. The fourth-order valence-electron chi connectivity index (χ4n) is 5.02. The van der Waals surface area contributed by atoms with Gasteiger partial charge >= 0.3 is 0 Å². The molecule has 0 fully saturated rings. The summed E-state index contributed by atoms with van der Waals surface area (Å²) in [5.41, 5.74) is 6.36. The van der Waals surface area contributed by atoms with Crippen LogP contribution in [-0.4, -0.2) is 34.3 Å². The maximum Gasteiger partial charge on any atom is 0.261 e. The van der Waals surface area contributed by atoms with Gasteiger partial charge in [0.05, 0.1) is 35.0 Å². The summed E-state index contributed by atoms with van der Waals surface area (Å²) in [4.78, 5) is 29.8. The molecule has 38 heavy (non-hydrogen) atoms. The summed E-state index contributed by atoms with van der Waals surface area (Å²) < 4.78 is 18.7. The summed E-state index contributed by atoms with van der Waals surface area (Å²) in [5, 5.41) is 5.18. The van der Waals surface area contributed by atoms with E-state index in [2.05, 4.69) is 33.9 Å². The topological polar surface area (TPSA) is 94.3 Å². The van der Waals surface area contributed by atoms with Crippen molar-refractivity contribution in [3.63, 3.8) is 0 Å². The largest absolute Gasteiger partial charge is 0.322 e. The maximum absolute atomic E-state index is 15.3. The number of aromatic nitrogens is 7. The number of para-hydroxylation sites is 1. The summed E-state index contributed by atoms with van der Waals surface area (Å²) in [6.07, 6.45) is 3.14. The van der Waals surface area contributed by atoms with Crippen LogP contribution in [0.4, 0.5) is 4.39 Å². The van der Waals surface area contributed by atoms with Crippen LogP contribution in [-0.2, 0) is 6.54 Å². The van der Waals surface area contributed by atoms with E-state index in [1.54, 1.807) is 30.5 Å². The number of H-pyrrole nitrogens is 1. The van der Waals surface area contributed by atoms with Crippen molar-refractivity contribution in [3.05, 3.63) is 94.2 Å². The third-order valence-corrected chi connectivity index (χ3v) is 6.87. The molecular weight excluding hydrogens is 481 g/mol. The van der Waals surface area contributed by atoms with E-state index < -0.39 is 5.82 Å². The molecule has 0 bridgehead atoms. The minimum atomic E-state index is -0.409. The minimum absolute atomic E-state index is 0.0828. The van der Waals surface area contributed by atoms with Crippen molar-refractivity contribution in [2.45, 2.75) is 40.3 Å². The molecule has 0 saturated carbocycles. The van der Waals surface area contributed by atoms with Crippen molar-refractivity contribution in [3.8, 4) is 22.5 Å². The predicted molar refractivity (Wildman–Crippen MR) is 145 cm³/mol. The summed E-state index contributed by atoms with van der Waals surface area (Å²) in [6, 6.07) is 14.2. The van der Waals surface area contributed by atoms with Gasteiger partial charge in [-0.05, 0) is 57.5 Å². The lowest BCUT2D eigenvalue weighted by molar-refractivity contribution is 0.516. The van der Waals surface area contributed by atoms with Gasteiger partial charge in [-0.3, -0.25) is 14.0 Å². The highest BCUT2D eigenvalue weighted by atomic mass is 19.1. The molecule has 9 heteroatoms. The van der Waals surface area contributed by atoms with Crippen LogP contribution in [0.3, 0.4) is 0 Å². The number of hydrogen-bond acceptors (Lipinski definition) is 5. The molecular formula is C29H26FN7O. The number of rotatable bonds is 5. The van der Waals surface area contributed by atoms with E-state index in [1.165, 1.54) is 17.0 Å². The summed E-state index contributed by atoms with van der Waals surface area (Å²) in [7, 11) is 0. The van der Waals surface area contributed by atoms with E-state index in [0.717, 1.165) is 22.5 Å². The number of aryl methyl sites for hydroxylation is 1. The van der Waals surface area contributed by atoms with Crippen LogP contribution >= 0.6 is 0 Å². The van der Waals surface area contributed by atoms with Crippen LogP contribution in [0.5, 0.6) is 0 Å². The number of imidazole rings is 1. The maximum atomic E-state index is 15.3. The molecule has 6 aromatic rings. The number of halogens is 1. The first kappa shape index (κ1) is 23.7. The molecule has 0 aliphatic rings. The molecule has 4 aromatic heterocycles. The normalized spacial score (nSPS) is 11.7. The van der Waals surface area contributed by atoms with Crippen molar-refractivity contribution in [1.29, 1.82) is 0 Å². The number of aromatic amines is 1. The van der Waals surface area contributed by atoms with Crippen LogP contribution in [0.1, 0.15) is 36.8 Å². The van der Waals surface area contributed by atoms with E-state index in [-0.39, 0.29) is 18.1 Å². The molecule has 2 aromatic carbocycles. The average Bonchev–Trinajstić information content (AvgIpc) is 3.46. The Morgan fingerprint density at radius 2 is 1.87 bits per heavy atom. The van der Waals surface area contributed by atoms with Gasteiger partial charge in [0, 0.05) is 29.1 Å². The Morgan fingerprint density at radius 3 is 2.63 bits per heavy atom. The molecule has 0 saturated heterocycles. The molecule has 8 nitrogen and oxygen atoms in total. The van der Waals surface area contributed by atoms with Crippen LogP contribution in [0.25, 0.3) is 44.6 Å². The highest BCUT2D eigenvalue weighted by Crippen LogP contribution is 2.32. The third kappa shape index (κ3) is 3.87. The van der Waals surface area contributed by atoms with Gasteiger partial charge < -0.3 is 4.98 Å². The van der Waals surface area contributed by atoms with Crippen molar-refractivity contribution in [2.24, 2.45) is 0 Å². The van der Waals surface area contributed by atoms with Gasteiger partial charge in [0.15, 0.2) is 5.65 Å². The molecule has 1 N–H and O–H groups in total. The molecule has 0 amide bonds. The molecule has 6 rings (SSSR count). The van der Waals surface area contributed by atoms with Gasteiger partial charge in [-0.1, -0.05) is 24.3 Å². The lowest BCUT2D eigenvalue weighted by atomic mass is 10.0. The summed E-state index contributed by atoms with van der Waals surface area (Å²) in [5.74, 6) is 0.273. The number of nitrogens with one attached hydrogen (secondary N) is 1. The molecule has 190 valence electrons. The Morgan fingerprint density at radius 1 is 1.05 bits per heavy atom. The zero-order valence-electron chi connectivity index (χ0n) is 21.5. The number of benzene rings is 2. The molecule has 0 aliphatic heterocycles. The van der Waals surface area contributed by atoms with Crippen LogP contribution in [0.15, 0.2) is 65.8 Å². The van der Waals surface area contributed by atoms with Gasteiger partial charge in [0.1, 0.15) is 17.2 Å². The van der Waals surface area contributed by atoms with Gasteiger partial charge in [-0.25, -0.2) is 19.3 Å². The van der Waals surface area contributed by atoms with Crippen molar-refractivity contribution < 1.29 is 4.39 Å². The zero-order valence-corrected chi connectivity index (χ0v) is 21.5. The molecule has 0 aliphatic carbocycles. The van der Waals surface area contributed by atoms with Crippen LogP contribution in [0.2, 0.25) is 0 Å². The average molecular weight is 508 g/mol. The Bertz CT molecular complexity index is 1900. The first-order chi connectivity index (χ1) is 18.3. The first-order valence-corrected chi connectivity index (χ1v) is 12.5. The fraction of sp³-hybridized carbons (Fsp3) is 0.207. The van der Waals surface area contributed by atoms with E-state index >= 15 is 4.39 Å². The van der Waals surface area contributed by atoms with Crippen molar-refractivity contribution >= 4 is 22.1 Å². The molecule has 0 atom stereocenters. The van der Waals surface area contributed by atoms with E-state index in [1.807, 2.05) is 36.7 Å². The van der Waals surface area contributed by atoms with E-state index in [9.17, 15) is 4.79 Å². The number of fused-ring (bicyclic) bond motifs is 2. The van der Waals surface area contributed by atoms with Gasteiger partial charge in [0.2, 0.25) is 0 Å². The van der Waals surface area contributed by atoms with E-state index in [4.69, 9.17) is 4.98 Å². The van der Waals surface area contributed by atoms with Gasteiger partial charge in [-0.15, -0.1) is 0 Å². The Hall–Kier alpha value is -4.66. The second-order valence-corrected chi connectivity index (χ2v) is 9.73. The summed E-state index contributed by atoms with van der Waals surface area (Å²) >= 11 is 0. The second kappa shape index (κ2) is 9.02. The lowest BCUT2D eigenvalue weighted by Crippen LogP contribution is -2.21. The molecule has 0 radical (unpaired) electrons. The molecule has 0 spiro atoms. The van der Waals surface area contributed by atoms with E-state index in [0.29, 0.717) is 39.0 Å². The monoisotopic (exact) mass is 507 g/mol. The highest BCUT2D eigenvalue weighted by molar-refractivity contribution is 5.91. The number of pyridine rings is 1. The third-order valence-electron chi connectivity index (χ3n) is 6.87. The fourth-order valence-corrected chi connectivity index (χ4v) is 5.02. The molecule has 0 unspecified atom stereocenters. The predicted octanol–water partition coefficient (Wildman–Crippen LogP) is 5.58. The zero-order chi connectivity index (χ0) is 26.6. The summed E-state index contributed by atoms with van der Waals surface area (Å²) in [6.45, 7) is 8.26. The van der Waals surface area contributed by atoms with Crippen molar-refractivity contribution in [2.75, 3.05) is 0 Å². The first-order valence-electron chi connectivity index (χ1n) is 12.5. The quantitative estimate of drug-likeness (QED) is 0.329. The SMILES string of the molecule is Cc1nn(C(C)C)c(C)c1-c1nc2c(-c3ccc(Cn4cnc5ccccc5c4=O)c(F)c3)ccnc2[nH]1. The van der Waals surface area contributed by atoms with Crippen LogP contribution < -0.4 is 5.56 Å². The Labute approximate surface area is 217 Å². The Kier molecular flexibility index (Phi) is 5.63. The second-order valence-electron chi connectivity index (χ2n) is 9.73. The van der Waals surface area contributed by atoms with Gasteiger partial charge in [-0.2, -0.15) is 5.10 Å². The van der Waals surface area contributed by atoms with Gasteiger partial charge in [0.25, 0.3) is 5.56 Å². The van der Waals surface area contributed by atoms with Crippen molar-refractivity contribution in [1.82, 2.24) is 34.3 Å². The minimum Gasteiger partial charge on any atom is -0.322 e. The lowest BCUT2D eigenvalue weighted by Gasteiger charge is -2.10. The van der Waals surface area contributed by atoms with Crippen LogP contribution in [0, 0.1) is 19.7 Å². The smallest absolute Gasteiger partial charge is 0.261 e. The number of nitrogens with zero attached hydrogens (tertiary/aromatic N) is 6. The number of hydrogen-bond donors (Lipinski definition) is 1. The Balaban J connectivity index is 1.37. The standard InChI is InChI=1S/C29H26FN7O/c1-16(2)37-18(4)25(17(3)35-37)27-33-26-21(11-12-31-28(26)34-27)19-9-10-20(23(30)13-19)14-36-15-32-24-8-6-5-7-22(24)29(36)38/h5-13,15-16H,14H2,1-4H3,(H,31,33,34). The molecule has 4 heterocycles.